The maximum atomic E-state index is 10.2. The molecule has 0 fully saturated rings. The first-order chi connectivity index (χ1) is 8.74. The second-order valence-corrected chi connectivity index (χ2v) is 5.37. The van der Waals surface area contributed by atoms with Gasteiger partial charge < -0.3 is 9.84 Å². The van der Waals surface area contributed by atoms with Crippen LogP contribution in [-0.2, 0) is 0 Å². The third-order valence-corrected chi connectivity index (χ3v) is 3.71. The van der Waals surface area contributed by atoms with Gasteiger partial charge in [0.15, 0.2) is 0 Å². The molecule has 18 heavy (non-hydrogen) atoms. The van der Waals surface area contributed by atoms with Gasteiger partial charge in [0.05, 0.1) is 6.10 Å². The van der Waals surface area contributed by atoms with Gasteiger partial charge in [-0.15, -0.1) is 0 Å². The maximum Gasteiger partial charge on any atom is 0.127 e. The zero-order valence-electron chi connectivity index (χ0n) is 9.71. The molecule has 1 N–H and O–H groups in total. The maximum absolute atomic E-state index is 10.2. The van der Waals surface area contributed by atoms with Gasteiger partial charge in [0.1, 0.15) is 11.9 Å². The number of aliphatic hydroxyl groups is 1. The number of benzene rings is 2. The summed E-state index contributed by atoms with van der Waals surface area (Å²) < 4.78 is 6.94. The van der Waals surface area contributed by atoms with Crippen LogP contribution in [0.4, 0.5) is 0 Å². The fourth-order valence-electron chi connectivity index (χ4n) is 2.29. The van der Waals surface area contributed by atoms with Gasteiger partial charge in [-0.3, -0.25) is 0 Å². The van der Waals surface area contributed by atoms with E-state index in [9.17, 15) is 5.11 Å². The normalized spacial score (nSPS) is 22.1. The molecule has 2 aromatic rings. The van der Waals surface area contributed by atoms with Gasteiger partial charge in [-0.2, -0.15) is 0 Å². The number of ether oxygens (including phenoxy) is 1. The van der Waals surface area contributed by atoms with Crippen LogP contribution in [0.3, 0.4) is 0 Å². The lowest BCUT2D eigenvalue weighted by Gasteiger charge is -2.30. The molecule has 0 radical (unpaired) electrons. The van der Waals surface area contributed by atoms with Crippen LogP contribution in [-0.4, -0.2) is 5.11 Å². The molecular weight excluding hydrogens is 292 g/mol. The third-order valence-electron chi connectivity index (χ3n) is 3.21. The van der Waals surface area contributed by atoms with Gasteiger partial charge >= 0.3 is 0 Å². The van der Waals surface area contributed by atoms with E-state index in [1.165, 1.54) is 0 Å². The predicted octanol–water partition coefficient (Wildman–Crippen LogP) is 4.01. The summed E-state index contributed by atoms with van der Waals surface area (Å²) in [6.45, 7) is 0. The van der Waals surface area contributed by atoms with E-state index in [0.29, 0.717) is 6.42 Å². The van der Waals surface area contributed by atoms with Crippen molar-refractivity contribution in [1.29, 1.82) is 0 Å². The summed E-state index contributed by atoms with van der Waals surface area (Å²) in [5.41, 5.74) is 1.97. The highest BCUT2D eigenvalue weighted by atomic mass is 79.9. The van der Waals surface area contributed by atoms with E-state index in [0.717, 1.165) is 21.3 Å². The number of rotatable bonds is 1. The Morgan fingerprint density at radius 2 is 1.89 bits per heavy atom. The highest BCUT2D eigenvalue weighted by Crippen LogP contribution is 2.41. The summed E-state index contributed by atoms with van der Waals surface area (Å²) >= 11 is 3.42. The minimum Gasteiger partial charge on any atom is -0.485 e. The zero-order valence-corrected chi connectivity index (χ0v) is 11.3. The Labute approximate surface area is 114 Å². The first kappa shape index (κ1) is 11.8. The van der Waals surface area contributed by atoms with Crippen LogP contribution in [0.1, 0.15) is 29.8 Å². The van der Waals surface area contributed by atoms with E-state index >= 15 is 0 Å². The van der Waals surface area contributed by atoms with E-state index < -0.39 is 6.10 Å². The van der Waals surface area contributed by atoms with Gasteiger partial charge in [-0.05, 0) is 17.7 Å². The number of hydrogen-bond donors (Lipinski definition) is 1. The average molecular weight is 305 g/mol. The molecule has 92 valence electrons. The Bertz CT molecular complexity index is 554. The van der Waals surface area contributed by atoms with Gasteiger partial charge in [0.25, 0.3) is 0 Å². The molecule has 0 spiro atoms. The number of halogens is 1. The lowest BCUT2D eigenvalue weighted by Crippen LogP contribution is -2.18. The molecule has 3 heteroatoms. The van der Waals surface area contributed by atoms with Crippen LogP contribution in [0.15, 0.2) is 53.0 Å². The van der Waals surface area contributed by atoms with E-state index in [1.54, 1.807) is 0 Å². The summed E-state index contributed by atoms with van der Waals surface area (Å²) in [6, 6.07) is 15.8. The van der Waals surface area contributed by atoms with Crippen LogP contribution >= 0.6 is 15.9 Å². The highest BCUT2D eigenvalue weighted by molar-refractivity contribution is 9.10. The van der Waals surface area contributed by atoms with Crippen molar-refractivity contribution in [3.8, 4) is 5.75 Å². The van der Waals surface area contributed by atoms with Gasteiger partial charge in [0.2, 0.25) is 0 Å². The molecule has 0 saturated heterocycles. The molecule has 0 saturated carbocycles. The topological polar surface area (TPSA) is 29.5 Å². The van der Waals surface area contributed by atoms with Crippen molar-refractivity contribution in [1.82, 2.24) is 0 Å². The molecule has 0 bridgehead atoms. The largest absolute Gasteiger partial charge is 0.485 e. The van der Waals surface area contributed by atoms with Gasteiger partial charge in [0, 0.05) is 16.5 Å². The van der Waals surface area contributed by atoms with Crippen molar-refractivity contribution in [2.45, 2.75) is 18.6 Å². The molecule has 1 unspecified atom stereocenters. The first-order valence-corrected chi connectivity index (χ1v) is 6.72. The zero-order chi connectivity index (χ0) is 12.5. The predicted molar refractivity (Wildman–Crippen MR) is 73.5 cm³/mol. The molecule has 1 aliphatic rings. The smallest absolute Gasteiger partial charge is 0.127 e. The number of hydrogen-bond acceptors (Lipinski definition) is 2. The van der Waals surface area contributed by atoms with Gasteiger partial charge in [-0.25, -0.2) is 0 Å². The molecule has 0 amide bonds. The van der Waals surface area contributed by atoms with Crippen LogP contribution in [0.25, 0.3) is 0 Å². The summed E-state index contributed by atoms with van der Waals surface area (Å²) in [4.78, 5) is 0. The van der Waals surface area contributed by atoms with Crippen molar-refractivity contribution in [3.05, 3.63) is 64.1 Å². The molecule has 2 atom stereocenters. The van der Waals surface area contributed by atoms with E-state index in [-0.39, 0.29) is 6.10 Å². The first-order valence-electron chi connectivity index (χ1n) is 5.93. The van der Waals surface area contributed by atoms with E-state index in [4.69, 9.17) is 4.74 Å². The number of aliphatic hydroxyl groups excluding tert-OH is 1. The molecule has 1 aliphatic heterocycles. The van der Waals surface area contributed by atoms with Crippen molar-refractivity contribution < 1.29 is 9.84 Å². The van der Waals surface area contributed by atoms with Crippen LogP contribution in [0, 0.1) is 0 Å². The lowest BCUT2D eigenvalue weighted by atomic mass is 9.95. The van der Waals surface area contributed by atoms with E-state index in [1.807, 2.05) is 48.5 Å². The van der Waals surface area contributed by atoms with Crippen molar-refractivity contribution in [2.75, 3.05) is 0 Å². The Hall–Kier alpha value is -1.32. The van der Waals surface area contributed by atoms with Crippen LogP contribution in [0.2, 0.25) is 0 Å². The monoisotopic (exact) mass is 304 g/mol. The molecule has 1 heterocycles. The minimum atomic E-state index is -0.466. The van der Waals surface area contributed by atoms with Crippen LogP contribution in [0.5, 0.6) is 5.75 Å². The Morgan fingerprint density at radius 1 is 1.11 bits per heavy atom. The van der Waals surface area contributed by atoms with E-state index in [2.05, 4.69) is 15.9 Å². The molecule has 0 aliphatic carbocycles. The summed E-state index contributed by atoms with van der Waals surface area (Å²) in [5, 5.41) is 10.2. The fourth-order valence-corrected chi connectivity index (χ4v) is 2.63. The Kier molecular flexibility index (Phi) is 3.10. The SMILES string of the molecule is O[C@@H]1CC(c2ccccc2)Oc2cc(Br)ccc21. The van der Waals surface area contributed by atoms with Crippen molar-refractivity contribution in [2.24, 2.45) is 0 Å². The fraction of sp³-hybridized carbons (Fsp3) is 0.200. The highest BCUT2D eigenvalue weighted by Gasteiger charge is 2.27. The number of fused-ring (bicyclic) bond motifs is 1. The molecule has 3 rings (SSSR count). The third kappa shape index (κ3) is 2.16. The quantitative estimate of drug-likeness (QED) is 0.862. The average Bonchev–Trinajstić information content (AvgIpc) is 2.39. The molecule has 0 aromatic heterocycles. The summed E-state index contributed by atoms with van der Waals surface area (Å²) in [6.07, 6.45) is 0.0496. The minimum absolute atomic E-state index is 0.0806. The van der Waals surface area contributed by atoms with Crippen molar-refractivity contribution >= 4 is 15.9 Å². The Morgan fingerprint density at radius 3 is 2.67 bits per heavy atom. The second-order valence-electron chi connectivity index (χ2n) is 4.45. The van der Waals surface area contributed by atoms with Gasteiger partial charge in [-0.1, -0.05) is 52.3 Å². The standard InChI is InChI=1S/C15H13BrO2/c16-11-6-7-12-13(17)9-14(18-15(12)8-11)10-4-2-1-3-5-10/h1-8,13-14,17H,9H2/t13-,14?/m1/s1. The second kappa shape index (κ2) is 4.75. The molecule has 2 nitrogen and oxygen atoms in total. The summed E-state index contributed by atoms with van der Waals surface area (Å²) in [5.74, 6) is 0.761. The van der Waals surface area contributed by atoms with Crippen LogP contribution < -0.4 is 4.74 Å². The molecular formula is C15H13BrO2. The lowest BCUT2D eigenvalue weighted by molar-refractivity contribution is 0.0657. The summed E-state index contributed by atoms with van der Waals surface area (Å²) in [7, 11) is 0. The Balaban J connectivity index is 1.96. The molecule has 2 aromatic carbocycles. The van der Waals surface area contributed by atoms with Crippen molar-refractivity contribution in [3.63, 3.8) is 0 Å².